The van der Waals surface area contributed by atoms with E-state index in [2.05, 4.69) is 22.5 Å². The van der Waals surface area contributed by atoms with Crippen LogP contribution in [0.3, 0.4) is 0 Å². The third-order valence-corrected chi connectivity index (χ3v) is 8.21. The van der Waals surface area contributed by atoms with Gasteiger partial charge in [-0.25, -0.2) is 17.7 Å². The van der Waals surface area contributed by atoms with Gasteiger partial charge in [0.05, 0.1) is 36.7 Å². The fraction of sp³-hybridized carbons (Fsp3) is 0.458. The van der Waals surface area contributed by atoms with Crippen molar-refractivity contribution in [1.82, 2.24) is 18.8 Å². The van der Waals surface area contributed by atoms with E-state index in [1.807, 2.05) is 18.2 Å². The Labute approximate surface area is 195 Å². The van der Waals surface area contributed by atoms with E-state index in [4.69, 9.17) is 14.5 Å². The summed E-state index contributed by atoms with van der Waals surface area (Å²) >= 11 is 0. The lowest BCUT2D eigenvalue weighted by atomic mass is 10.0. The predicted molar refractivity (Wildman–Crippen MR) is 128 cm³/mol. The normalized spacial score (nSPS) is 17.2. The molecular formula is C24H32N4O4S. The molecule has 0 aliphatic carbocycles. The van der Waals surface area contributed by atoms with Gasteiger partial charge in [-0.3, -0.25) is 4.90 Å². The van der Waals surface area contributed by atoms with Crippen LogP contribution >= 0.6 is 0 Å². The first-order valence-electron chi connectivity index (χ1n) is 11.2. The van der Waals surface area contributed by atoms with E-state index in [1.54, 1.807) is 26.4 Å². The maximum atomic E-state index is 12.6. The molecule has 8 nitrogen and oxygen atoms in total. The highest BCUT2D eigenvalue weighted by molar-refractivity contribution is 7.89. The minimum absolute atomic E-state index is 0.199. The van der Waals surface area contributed by atoms with Crippen LogP contribution in [0.2, 0.25) is 0 Å². The van der Waals surface area contributed by atoms with Crippen LogP contribution in [0.15, 0.2) is 41.3 Å². The summed E-state index contributed by atoms with van der Waals surface area (Å²) in [6, 6.07) is 11.3. The largest absolute Gasteiger partial charge is 0.497 e. The summed E-state index contributed by atoms with van der Waals surface area (Å²) in [7, 11) is 2.93. The van der Waals surface area contributed by atoms with Gasteiger partial charge in [0.2, 0.25) is 10.0 Å². The van der Waals surface area contributed by atoms with Gasteiger partial charge in [-0.2, -0.15) is 0 Å². The molecule has 0 N–H and O–H groups in total. The highest BCUT2D eigenvalue weighted by Crippen LogP contribution is 2.39. The number of rotatable bonds is 8. The number of hydrogen-bond donors (Lipinski definition) is 0. The molecule has 9 heteroatoms. The molecule has 0 radical (unpaired) electrons. The maximum absolute atomic E-state index is 12.6. The van der Waals surface area contributed by atoms with Gasteiger partial charge in [-0.15, -0.1) is 0 Å². The van der Waals surface area contributed by atoms with Crippen LogP contribution in [0.1, 0.15) is 37.2 Å². The molecule has 0 amide bonds. The molecule has 1 aliphatic heterocycles. The average Bonchev–Trinajstić information content (AvgIpc) is 3.41. The Bertz CT molecular complexity index is 1250. The molecule has 1 aromatic heterocycles. The number of aryl methyl sites for hydroxylation is 1. The van der Waals surface area contributed by atoms with Crippen molar-refractivity contribution in [1.29, 1.82) is 0 Å². The maximum Gasteiger partial charge on any atom is 0.242 e. The molecule has 3 aromatic rings. The molecular weight excluding hydrogens is 440 g/mol. The van der Waals surface area contributed by atoms with Crippen LogP contribution in [0, 0.1) is 0 Å². The Hall–Kier alpha value is -2.62. The van der Waals surface area contributed by atoms with Crippen molar-refractivity contribution in [2.75, 3.05) is 34.9 Å². The van der Waals surface area contributed by atoms with Crippen LogP contribution in [-0.4, -0.2) is 62.0 Å². The van der Waals surface area contributed by atoms with Gasteiger partial charge in [-0.1, -0.05) is 0 Å². The van der Waals surface area contributed by atoms with Crippen LogP contribution in [-0.2, 0) is 23.1 Å². The number of nitrogens with zero attached hydrogens (tertiary/aromatic N) is 4. The SMILES string of the molecule is CCn1c(CN2CCC[C@H]2c2cc(OC)ccc2OC)nc2cc(S(=O)(=O)N(C)C)ccc21. The minimum atomic E-state index is -3.51. The highest BCUT2D eigenvalue weighted by atomic mass is 32.2. The predicted octanol–water partition coefficient (Wildman–Crippen LogP) is 3.66. The molecule has 1 saturated heterocycles. The second-order valence-corrected chi connectivity index (χ2v) is 10.6. The number of sulfonamides is 1. The van der Waals surface area contributed by atoms with Gasteiger partial charge in [0.1, 0.15) is 17.3 Å². The van der Waals surface area contributed by atoms with Crippen LogP contribution in [0.25, 0.3) is 11.0 Å². The fourth-order valence-corrected chi connectivity index (χ4v) is 5.58. The van der Waals surface area contributed by atoms with Crippen LogP contribution < -0.4 is 9.47 Å². The van der Waals surface area contributed by atoms with E-state index in [0.29, 0.717) is 12.1 Å². The molecule has 1 atom stereocenters. The molecule has 2 heterocycles. The zero-order valence-corrected chi connectivity index (χ0v) is 20.7. The summed E-state index contributed by atoms with van der Waals surface area (Å²) in [4.78, 5) is 7.54. The number of ether oxygens (including phenoxy) is 2. The lowest BCUT2D eigenvalue weighted by Crippen LogP contribution is -2.25. The van der Waals surface area contributed by atoms with Gasteiger partial charge in [0.15, 0.2) is 0 Å². The van der Waals surface area contributed by atoms with E-state index in [9.17, 15) is 8.42 Å². The van der Waals surface area contributed by atoms with Crippen molar-refractivity contribution >= 4 is 21.1 Å². The van der Waals surface area contributed by atoms with E-state index in [-0.39, 0.29) is 10.9 Å². The number of methoxy groups -OCH3 is 2. The zero-order chi connectivity index (χ0) is 23.8. The molecule has 0 unspecified atom stereocenters. The molecule has 178 valence electrons. The fourth-order valence-electron chi connectivity index (χ4n) is 4.65. The number of fused-ring (bicyclic) bond motifs is 1. The Balaban J connectivity index is 1.70. The first-order valence-corrected chi connectivity index (χ1v) is 12.6. The third-order valence-electron chi connectivity index (χ3n) is 6.40. The Morgan fingerprint density at radius 3 is 2.58 bits per heavy atom. The number of aromatic nitrogens is 2. The van der Waals surface area contributed by atoms with Crippen molar-refractivity contribution < 1.29 is 17.9 Å². The molecule has 4 rings (SSSR count). The summed E-state index contributed by atoms with van der Waals surface area (Å²) in [6.45, 7) is 4.47. The van der Waals surface area contributed by atoms with E-state index >= 15 is 0 Å². The molecule has 0 saturated carbocycles. The Morgan fingerprint density at radius 2 is 1.91 bits per heavy atom. The lowest BCUT2D eigenvalue weighted by Gasteiger charge is -2.26. The summed E-state index contributed by atoms with van der Waals surface area (Å²) in [5.74, 6) is 2.60. The van der Waals surface area contributed by atoms with Crippen molar-refractivity contribution in [3.8, 4) is 11.5 Å². The second-order valence-electron chi connectivity index (χ2n) is 8.45. The van der Waals surface area contributed by atoms with Gasteiger partial charge in [-0.05, 0) is 62.7 Å². The Kier molecular flexibility index (Phi) is 6.65. The first kappa shape index (κ1) is 23.5. The minimum Gasteiger partial charge on any atom is -0.497 e. The number of benzene rings is 2. The summed E-state index contributed by atoms with van der Waals surface area (Å²) < 4.78 is 39.7. The van der Waals surface area contributed by atoms with Crippen molar-refractivity contribution in [2.45, 2.75) is 43.8 Å². The molecule has 0 bridgehead atoms. The van der Waals surface area contributed by atoms with Crippen LogP contribution in [0.5, 0.6) is 11.5 Å². The topological polar surface area (TPSA) is 76.9 Å². The van der Waals surface area contributed by atoms with Gasteiger partial charge >= 0.3 is 0 Å². The number of likely N-dealkylation sites (tertiary alicyclic amines) is 1. The van der Waals surface area contributed by atoms with Crippen LogP contribution in [0.4, 0.5) is 0 Å². The Morgan fingerprint density at radius 1 is 1.12 bits per heavy atom. The van der Waals surface area contributed by atoms with Crippen molar-refractivity contribution in [3.63, 3.8) is 0 Å². The average molecular weight is 473 g/mol. The third kappa shape index (κ3) is 4.32. The summed E-state index contributed by atoms with van der Waals surface area (Å²) in [5.41, 5.74) is 2.76. The highest BCUT2D eigenvalue weighted by Gasteiger charge is 2.30. The lowest BCUT2D eigenvalue weighted by molar-refractivity contribution is 0.234. The number of hydrogen-bond acceptors (Lipinski definition) is 6. The van der Waals surface area contributed by atoms with E-state index in [1.165, 1.54) is 18.4 Å². The van der Waals surface area contributed by atoms with Crippen molar-refractivity contribution in [3.05, 3.63) is 47.8 Å². The van der Waals surface area contributed by atoms with Crippen molar-refractivity contribution in [2.24, 2.45) is 0 Å². The van der Waals surface area contributed by atoms with E-state index in [0.717, 1.165) is 54.3 Å². The second kappa shape index (κ2) is 9.32. The molecule has 1 aliphatic rings. The van der Waals surface area contributed by atoms with Gasteiger partial charge in [0.25, 0.3) is 0 Å². The van der Waals surface area contributed by atoms with Gasteiger partial charge in [0, 0.05) is 32.2 Å². The van der Waals surface area contributed by atoms with Gasteiger partial charge < -0.3 is 14.0 Å². The summed E-state index contributed by atoms with van der Waals surface area (Å²) in [5, 5.41) is 0. The molecule has 33 heavy (non-hydrogen) atoms. The zero-order valence-electron chi connectivity index (χ0n) is 19.9. The smallest absolute Gasteiger partial charge is 0.242 e. The first-order chi connectivity index (χ1) is 15.8. The quantitative estimate of drug-likeness (QED) is 0.498. The molecule has 2 aromatic carbocycles. The molecule has 1 fully saturated rings. The van der Waals surface area contributed by atoms with E-state index < -0.39 is 10.0 Å². The standard InChI is InChI=1S/C24H32N4O4S/c1-6-28-22-11-10-18(33(29,30)26(2)3)15-20(22)25-24(28)16-27-13-7-8-21(27)19-14-17(31-4)9-12-23(19)32-5/h9-12,14-15,21H,6-8,13,16H2,1-5H3/t21-/m0/s1. The monoisotopic (exact) mass is 472 g/mol. The number of imidazole rings is 1. The molecule has 0 spiro atoms. The summed E-state index contributed by atoms with van der Waals surface area (Å²) in [6.07, 6.45) is 2.11.